The van der Waals surface area contributed by atoms with E-state index in [-0.39, 0.29) is 12.3 Å². The van der Waals surface area contributed by atoms with Crippen LogP contribution in [0.5, 0.6) is 0 Å². The highest BCUT2D eigenvalue weighted by molar-refractivity contribution is 7.13. The van der Waals surface area contributed by atoms with Gasteiger partial charge in [0.2, 0.25) is 0 Å². The van der Waals surface area contributed by atoms with Crippen molar-refractivity contribution in [2.45, 2.75) is 13.5 Å². The summed E-state index contributed by atoms with van der Waals surface area (Å²) < 4.78 is 7.34. The average molecular weight is 435 g/mol. The first kappa shape index (κ1) is 20.6. The summed E-state index contributed by atoms with van der Waals surface area (Å²) in [6.45, 7) is 6.74. The number of amides is 1. The molecule has 0 saturated carbocycles. The maximum Gasteiger partial charge on any atom is 0.358 e. The number of hydrogen-bond donors (Lipinski definition) is 2. The minimum atomic E-state index is -0.639. The lowest BCUT2D eigenvalue weighted by Gasteiger charge is -2.07. The molecule has 1 amide bonds. The molecule has 0 unspecified atom stereocenters. The Balaban J connectivity index is 1.42. The number of carbonyl (C=O) groups excluding carboxylic acids is 2. The summed E-state index contributed by atoms with van der Waals surface area (Å²) in [4.78, 5) is 28.6. The highest BCUT2D eigenvalue weighted by Crippen LogP contribution is 2.31. The smallest absolute Gasteiger partial charge is 0.358 e. The number of esters is 1. The van der Waals surface area contributed by atoms with E-state index in [1.165, 1.54) is 11.3 Å². The van der Waals surface area contributed by atoms with E-state index in [9.17, 15) is 9.59 Å². The summed E-state index contributed by atoms with van der Waals surface area (Å²) in [5.41, 5.74) is 3.08. The molecule has 4 aromatic rings. The Hall–Kier alpha value is -3.65. The van der Waals surface area contributed by atoms with Gasteiger partial charge in [-0.1, -0.05) is 24.3 Å². The largest absolute Gasteiger partial charge is 0.451 e. The zero-order chi connectivity index (χ0) is 21.8. The first-order valence-electron chi connectivity index (χ1n) is 9.89. The van der Waals surface area contributed by atoms with Crippen molar-refractivity contribution in [2.75, 3.05) is 23.8 Å². The molecule has 0 aliphatic carbocycles. The molecule has 31 heavy (non-hydrogen) atoms. The second-order valence-electron chi connectivity index (χ2n) is 6.83. The van der Waals surface area contributed by atoms with Gasteiger partial charge in [-0.2, -0.15) is 0 Å². The van der Waals surface area contributed by atoms with Crippen LogP contribution in [0.3, 0.4) is 0 Å². The fourth-order valence-corrected chi connectivity index (χ4v) is 4.17. The number of ether oxygens (including phenoxy) is 1. The lowest BCUT2D eigenvalue weighted by atomic mass is 10.1. The molecular formula is C23H22N4O3S. The van der Waals surface area contributed by atoms with Gasteiger partial charge in [-0.05, 0) is 31.2 Å². The van der Waals surface area contributed by atoms with Gasteiger partial charge in [0.25, 0.3) is 5.91 Å². The Bertz CT molecular complexity index is 1270. The Morgan fingerprint density at radius 2 is 2.00 bits per heavy atom. The molecule has 8 heteroatoms. The fraction of sp³-hybridized carbons (Fsp3) is 0.174. The number of anilines is 2. The summed E-state index contributed by atoms with van der Waals surface area (Å²) in [5.74, 6) is -1.05. The fourth-order valence-electron chi connectivity index (χ4n) is 3.48. The predicted octanol–water partition coefficient (Wildman–Crippen LogP) is 4.66. The van der Waals surface area contributed by atoms with Gasteiger partial charge in [0, 0.05) is 46.0 Å². The van der Waals surface area contributed by atoms with Crippen LogP contribution in [-0.2, 0) is 16.1 Å². The minimum absolute atomic E-state index is 0.165. The molecular weight excluding hydrogens is 412 g/mol. The van der Waals surface area contributed by atoms with Crippen LogP contribution in [0.1, 0.15) is 17.4 Å². The minimum Gasteiger partial charge on any atom is -0.451 e. The molecule has 0 fully saturated rings. The van der Waals surface area contributed by atoms with Crippen LogP contribution >= 0.6 is 11.3 Å². The van der Waals surface area contributed by atoms with Gasteiger partial charge in [-0.25, -0.2) is 9.78 Å². The topological polar surface area (TPSA) is 85.2 Å². The van der Waals surface area contributed by atoms with Crippen LogP contribution in [-0.4, -0.2) is 34.6 Å². The maximum absolute atomic E-state index is 12.3. The van der Waals surface area contributed by atoms with Crippen LogP contribution in [0.15, 0.2) is 60.5 Å². The molecule has 2 aromatic heterocycles. The molecule has 0 radical (unpaired) electrons. The van der Waals surface area contributed by atoms with Gasteiger partial charge in [-0.3, -0.25) is 4.79 Å². The molecule has 2 heterocycles. The molecule has 2 N–H and O–H groups in total. The Morgan fingerprint density at radius 3 is 2.81 bits per heavy atom. The predicted molar refractivity (Wildman–Crippen MR) is 125 cm³/mol. The summed E-state index contributed by atoms with van der Waals surface area (Å²) in [7, 11) is 0. The maximum atomic E-state index is 12.3. The molecule has 0 aliphatic heterocycles. The van der Waals surface area contributed by atoms with Gasteiger partial charge in [-0.15, -0.1) is 17.9 Å². The highest BCUT2D eigenvalue weighted by Gasteiger charge is 2.15. The lowest BCUT2D eigenvalue weighted by molar-refractivity contribution is -0.119. The zero-order valence-corrected chi connectivity index (χ0v) is 17.9. The molecule has 7 nitrogen and oxygen atoms in total. The van der Waals surface area contributed by atoms with E-state index in [0.717, 1.165) is 28.4 Å². The van der Waals surface area contributed by atoms with E-state index in [4.69, 9.17) is 4.74 Å². The van der Waals surface area contributed by atoms with Crippen LogP contribution in [0.25, 0.3) is 21.8 Å². The van der Waals surface area contributed by atoms with E-state index in [2.05, 4.69) is 45.8 Å². The van der Waals surface area contributed by atoms with Crippen molar-refractivity contribution in [3.63, 3.8) is 0 Å². The van der Waals surface area contributed by atoms with E-state index < -0.39 is 11.9 Å². The number of aryl methyl sites for hydroxylation is 1. The highest BCUT2D eigenvalue weighted by atomic mass is 32.1. The van der Waals surface area contributed by atoms with Crippen molar-refractivity contribution in [3.05, 3.63) is 66.2 Å². The molecule has 0 aliphatic rings. The van der Waals surface area contributed by atoms with E-state index in [1.807, 2.05) is 30.3 Å². The number of benzene rings is 2. The number of nitrogens with zero attached hydrogens (tertiary/aromatic N) is 2. The van der Waals surface area contributed by atoms with Crippen molar-refractivity contribution in [3.8, 4) is 0 Å². The second kappa shape index (κ2) is 9.01. The second-order valence-corrected chi connectivity index (χ2v) is 7.68. The third kappa shape index (κ3) is 4.29. The first-order chi connectivity index (χ1) is 15.1. The molecule has 0 saturated heterocycles. The number of thiazole rings is 1. The van der Waals surface area contributed by atoms with Crippen molar-refractivity contribution >= 4 is 55.8 Å². The number of nitrogens with one attached hydrogen (secondary N) is 2. The van der Waals surface area contributed by atoms with Crippen molar-refractivity contribution in [1.82, 2.24) is 9.55 Å². The third-order valence-electron chi connectivity index (χ3n) is 4.82. The Labute approximate surface area is 183 Å². The lowest BCUT2D eigenvalue weighted by Crippen LogP contribution is -2.21. The number of para-hydroxylation sites is 1. The van der Waals surface area contributed by atoms with E-state index in [1.54, 1.807) is 11.5 Å². The SMILES string of the molecule is C=CCNc1nc(C(=O)OCC(=O)Nc2ccc3c(c2)c2ccccc2n3CC)cs1. The van der Waals surface area contributed by atoms with Crippen molar-refractivity contribution in [1.29, 1.82) is 0 Å². The number of rotatable bonds is 8. The normalized spacial score (nSPS) is 10.9. The molecule has 0 bridgehead atoms. The third-order valence-corrected chi connectivity index (χ3v) is 5.62. The Kier molecular flexibility index (Phi) is 5.99. The molecule has 4 rings (SSSR count). The number of hydrogen-bond acceptors (Lipinski definition) is 6. The Morgan fingerprint density at radius 1 is 1.19 bits per heavy atom. The number of fused-ring (bicyclic) bond motifs is 3. The monoisotopic (exact) mass is 434 g/mol. The van der Waals surface area contributed by atoms with Crippen molar-refractivity contribution in [2.24, 2.45) is 0 Å². The van der Waals surface area contributed by atoms with Crippen molar-refractivity contribution < 1.29 is 14.3 Å². The van der Waals surface area contributed by atoms with Crippen LogP contribution in [0.2, 0.25) is 0 Å². The van der Waals surface area contributed by atoms with Crippen LogP contribution in [0, 0.1) is 0 Å². The standard InChI is InChI=1S/C23H22N4O3S/c1-3-11-24-23-26-18(14-31-23)22(29)30-13-21(28)25-15-9-10-20-17(12-15)16-7-5-6-8-19(16)27(20)4-2/h3,5-10,12,14H,1,4,11,13H2,2H3,(H,24,26)(H,25,28). The number of carbonyl (C=O) groups is 2. The zero-order valence-electron chi connectivity index (χ0n) is 17.1. The van der Waals surface area contributed by atoms with Crippen LogP contribution < -0.4 is 10.6 Å². The first-order valence-corrected chi connectivity index (χ1v) is 10.8. The van der Waals surface area contributed by atoms with Gasteiger partial charge in [0.15, 0.2) is 17.4 Å². The molecule has 0 atom stereocenters. The summed E-state index contributed by atoms with van der Waals surface area (Å²) in [5, 5.41) is 10.2. The van der Waals surface area contributed by atoms with Gasteiger partial charge in [0.05, 0.1) is 0 Å². The number of aromatic nitrogens is 2. The van der Waals surface area contributed by atoms with Gasteiger partial charge < -0.3 is 19.9 Å². The summed E-state index contributed by atoms with van der Waals surface area (Å²) in [6.07, 6.45) is 1.70. The van der Waals surface area contributed by atoms with E-state index in [0.29, 0.717) is 17.4 Å². The van der Waals surface area contributed by atoms with Gasteiger partial charge in [0.1, 0.15) is 0 Å². The summed E-state index contributed by atoms with van der Waals surface area (Å²) in [6, 6.07) is 14.0. The van der Waals surface area contributed by atoms with Crippen LogP contribution in [0.4, 0.5) is 10.8 Å². The molecule has 0 spiro atoms. The molecule has 2 aromatic carbocycles. The summed E-state index contributed by atoms with van der Waals surface area (Å²) >= 11 is 1.29. The molecule has 158 valence electrons. The van der Waals surface area contributed by atoms with Gasteiger partial charge >= 0.3 is 5.97 Å². The average Bonchev–Trinajstić information content (AvgIpc) is 3.38. The van der Waals surface area contributed by atoms with E-state index >= 15 is 0 Å². The quantitative estimate of drug-likeness (QED) is 0.311.